The predicted molar refractivity (Wildman–Crippen MR) is 104 cm³/mol. The van der Waals surface area contributed by atoms with E-state index in [0.717, 1.165) is 11.5 Å². The van der Waals surface area contributed by atoms with Gasteiger partial charge in [0, 0.05) is 16.7 Å². The van der Waals surface area contributed by atoms with Gasteiger partial charge in [0.2, 0.25) is 0 Å². The molecule has 3 heteroatoms. The van der Waals surface area contributed by atoms with Crippen LogP contribution in [0.3, 0.4) is 0 Å². The second kappa shape index (κ2) is 5.56. The van der Waals surface area contributed by atoms with E-state index in [9.17, 15) is 10.4 Å². The standard InChI is InChI=1S/C22H31NOS/c1-20(2)7-5-8-21(3)17(20)6-9-22(4)18(21)13-25-16-11-15(24)10-14(12-23)19(16)22/h10-11,16-19,24H,5-9,13H2,1-4H3/t16?,17-,18+,19?,21-,22+/m0/s1. The summed E-state index contributed by atoms with van der Waals surface area (Å²) in [6, 6.07) is 2.44. The molecule has 4 aliphatic rings. The van der Waals surface area contributed by atoms with Crippen LogP contribution in [-0.4, -0.2) is 16.1 Å². The van der Waals surface area contributed by atoms with E-state index in [1.165, 1.54) is 37.9 Å². The molecule has 2 saturated carbocycles. The molecule has 1 aliphatic heterocycles. The smallest absolute Gasteiger partial charge is 0.113 e. The summed E-state index contributed by atoms with van der Waals surface area (Å²) >= 11 is 1.98. The van der Waals surface area contributed by atoms with E-state index in [4.69, 9.17) is 0 Å². The number of aliphatic hydroxyl groups excluding tert-OH is 1. The highest BCUT2D eigenvalue weighted by Gasteiger charge is 2.63. The Morgan fingerprint density at radius 2 is 1.88 bits per heavy atom. The number of nitriles is 1. The number of fused-ring (bicyclic) bond motifs is 5. The predicted octanol–water partition coefficient (Wildman–Crippen LogP) is 5.87. The third-order valence-corrected chi connectivity index (χ3v) is 9.76. The van der Waals surface area contributed by atoms with Gasteiger partial charge in [0.05, 0.1) is 6.07 Å². The maximum absolute atomic E-state index is 10.1. The van der Waals surface area contributed by atoms with E-state index in [1.807, 2.05) is 17.8 Å². The Balaban J connectivity index is 1.77. The van der Waals surface area contributed by atoms with Crippen molar-refractivity contribution in [1.29, 1.82) is 5.26 Å². The summed E-state index contributed by atoms with van der Waals surface area (Å²) in [6.45, 7) is 9.99. The molecule has 2 nitrogen and oxygen atoms in total. The first-order valence-electron chi connectivity index (χ1n) is 9.86. The summed E-state index contributed by atoms with van der Waals surface area (Å²) in [4.78, 5) is 0. The Bertz CT molecular complexity index is 687. The highest BCUT2D eigenvalue weighted by atomic mass is 32.2. The van der Waals surface area contributed by atoms with E-state index >= 15 is 0 Å². The summed E-state index contributed by atoms with van der Waals surface area (Å²) in [5, 5.41) is 20.1. The molecule has 0 spiro atoms. The molecule has 6 atom stereocenters. The summed E-state index contributed by atoms with van der Waals surface area (Å²) in [6.07, 6.45) is 10.3. The summed E-state index contributed by atoms with van der Waals surface area (Å²) in [5.41, 5.74) is 1.81. The minimum atomic E-state index is 0.174. The molecule has 25 heavy (non-hydrogen) atoms. The number of nitrogens with zero attached hydrogens (tertiary/aromatic N) is 1. The highest BCUT2D eigenvalue weighted by molar-refractivity contribution is 8.00. The lowest BCUT2D eigenvalue weighted by Gasteiger charge is -2.66. The van der Waals surface area contributed by atoms with Crippen LogP contribution in [0, 0.1) is 45.3 Å². The Morgan fingerprint density at radius 3 is 2.60 bits per heavy atom. The third kappa shape index (κ3) is 2.36. The lowest BCUT2D eigenvalue weighted by molar-refractivity contribution is -0.134. The summed E-state index contributed by atoms with van der Waals surface area (Å²) in [5.74, 6) is 3.18. The highest BCUT2D eigenvalue weighted by Crippen LogP contribution is 2.69. The molecular formula is C22H31NOS. The van der Waals surface area contributed by atoms with E-state index in [-0.39, 0.29) is 22.3 Å². The second-order valence-corrected chi connectivity index (χ2v) is 11.3. The first kappa shape index (κ1) is 17.5. The van der Waals surface area contributed by atoms with Crippen LogP contribution in [0.15, 0.2) is 23.5 Å². The average Bonchev–Trinajstić information content (AvgIpc) is 2.52. The number of thioether (sulfide) groups is 1. The Morgan fingerprint density at radius 1 is 1.12 bits per heavy atom. The Hall–Kier alpha value is -0.880. The van der Waals surface area contributed by atoms with Gasteiger partial charge < -0.3 is 5.11 Å². The molecule has 3 fully saturated rings. The minimum Gasteiger partial charge on any atom is -0.508 e. The van der Waals surface area contributed by atoms with Gasteiger partial charge in [0.15, 0.2) is 0 Å². The zero-order chi connectivity index (χ0) is 18.0. The molecule has 1 heterocycles. The third-order valence-electron chi connectivity index (χ3n) is 8.44. The maximum Gasteiger partial charge on any atom is 0.113 e. The molecule has 0 aromatic carbocycles. The van der Waals surface area contributed by atoms with E-state index in [2.05, 4.69) is 33.8 Å². The van der Waals surface area contributed by atoms with Gasteiger partial charge in [-0.05, 0) is 71.7 Å². The molecule has 0 aromatic heterocycles. The van der Waals surface area contributed by atoms with Crippen molar-refractivity contribution in [2.75, 3.05) is 5.75 Å². The van der Waals surface area contributed by atoms with Gasteiger partial charge in [0.1, 0.15) is 5.76 Å². The quantitative estimate of drug-likeness (QED) is 0.589. The van der Waals surface area contributed by atoms with Crippen molar-refractivity contribution in [2.24, 2.45) is 34.0 Å². The molecule has 0 bridgehead atoms. The van der Waals surface area contributed by atoms with Crippen molar-refractivity contribution in [2.45, 2.75) is 65.0 Å². The minimum absolute atomic E-state index is 0.174. The Kier molecular flexibility index (Phi) is 3.90. The van der Waals surface area contributed by atoms with Gasteiger partial charge in [-0.15, -0.1) is 0 Å². The molecule has 1 saturated heterocycles. The molecule has 3 aliphatic carbocycles. The fraction of sp³-hybridized carbons (Fsp3) is 0.773. The second-order valence-electron chi connectivity index (χ2n) is 10.1. The van der Waals surface area contributed by atoms with Crippen molar-refractivity contribution in [3.8, 4) is 6.07 Å². The van der Waals surface area contributed by atoms with Crippen LogP contribution in [0.1, 0.15) is 59.8 Å². The summed E-state index contributed by atoms with van der Waals surface area (Å²) in [7, 11) is 0. The number of aliphatic hydroxyl groups is 1. The molecule has 136 valence electrons. The van der Waals surface area contributed by atoms with Crippen LogP contribution in [0.2, 0.25) is 0 Å². The zero-order valence-corrected chi connectivity index (χ0v) is 16.8. The molecule has 1 N–H and O–H groups in total. The van der Waals surface area contributed by atoms with Crippen LogP contribution >= 0.6 is 11.8 Å². The molecule has 0 radical (unpaired) electrons. The normalized spacial score (nSPS) is 48.1. The van der Waals surface area contributed by atoms with E-state index in [1.54, 1.807) is 6.08 Å². The van der Waals surface area contributed by atoms with Gasteiger partial charge in [0.25, 0.3) is 0 Å². The van der Waals surface area contributed by atoms with Crippen LogP contribution in [0.25, 0.3) is 0 Å². The van der Waals surface area contributed by atoms with Crippen molar-refractivity contribution in [3.63, 3.8) is 0 Å². The van der Waals surface area contributed by atoms with Gasteiger partial charge in [-0.2, -0.15) is 17.0 Å². The average molecular weight is 358 g/mol. The maximum atomic E-state index is 10.1. The molecule has 4 rings (SSSR count). The fourth-order valence-electron chi connectivity index (χ4n) is 7.36. The molecular weight excluding hydrogens is 326 g/mol. The van der Waals surface area contributed by atoms with Gasteiger partial charge in [-0.3, -0.25) is 0 Å². The van der Waals surface area contributed by atoms with Crippen LogP contribution in [0.4, 0.5) is 0 Å². The number of allylic oxidation sites excluding steroid dienone is 2. The molecule has 0 aromatic rings. The lowest BCUT2D eigenvalue weighted by Crippen LogP contribution is -2.60. The molecule has 0 amide bonds. The lowest BCUT2D eigenvalue weighted by atomic mass is 9.41. The topological polar surface area (TPSA) is 44.0 Å². The van der Waals surface area contributed by atoms with Gasteiger partial charge in [-0.1, -0.05) is 34.1 Å². The van der Waals surface area contributed by atoms with Crippen molar-refractivity contribution >= 4 is 11.8 Å². The van der Waals surface area contributed by atoms with Crippen molar-refractivity contribution < 1.29 is 5.11 Å². The monoisotopic (exact) mass is 357 g/mol. The van der Waals surface area contributed by atoms with Gasteiger partial charge in [-0.25, -0.2) is 0 Å². The SMILES string of the molecule is CC1(C)CCC[C@]2(C)[C@H]3CSC4C=C(O)C=C(C#N)C4[C@]3(C)CC[C@@H]12. The van der Waals surface area contributed by atoms with Crippen LogP contribution in [-0.2, 0) is 0 Å². The largest absolute Gasteiger partial charge is 0.508 e. The number of hydrogen-bond acceptors (Lipinski definition) is 3. The molecule has 2 unspecified atom stereocenters. The number of hydrogen-bond donors (Lipinski definition) is 1. The zero-order valence-electron chi connectivity index (χ0n) is 16.0. The Labute approximate surface area is 156 Å². The number of rotatable bonds is 0. The van der Waals surface area contributed by atoms with Crippen LogP contribution in [0.5, 0.6) is 0 Å². The van der Waals surface area contributed by atoms with E-state index in [0.29, 0.717) is 16.7 Å². The fourth-order valence-corrected chi connectivity index (χ4v) is 9.42. The van der Waals surface area contributed by atoms with Gasteiger partial charge >= 0.3 is 0 Å². The first-order valence-corrected chi connectivity index (χ1v) is 10.9. The van der Waals surface area contributed by atoms with Crippen molar-refractivity contribution in [1.82, 2.24) is 0 Å². The van der Waals surface area contributed by atoms with E-state index < -0.39 is 0 Å². The van der Waals surface area contributed by atoms with Crippen molar-refractivity contribution in [3.05, 3.63) is 23.5 Å². The first-order chi connectivity index (χ1) is 11.7. The van der Waals surface area contributed by atoms with Crippen LogP contribution < -0.4 is 0 Å². The summed E-state index contributed by atoms with van der Waals surface area (Å²) < 4.78 is 0.